The molecule has 2 rings (SSSR count). The molecule has 104 valence electrons. The molecule has 0 aliphatic carbocycles. The first-order valence-electron chi connectivity index (χ1n) is 6.07. The number of rotatable bonds is 6. The number of hydrogen-bond donors (Lipinski definition) is 2. The number of hydrogen-bond acceptors (Lipinski definition) is 4. The third kappa shape index (κ3) is 3.91. The summed E-state index contributed by atoms with van der Waals surface area (Å²) in [4.78, 5) is 26.2. The first-order chi connectivity index (χ1) is 9.65. The number of carbonyl (C=O) groups is 2. The number of nitrogens with zero attached hydrogens (tertiary/aromatic N) is 3. The summed E-state index contributed by atoms with van der Waals surface area (Å²) in [6, 6.07) is 7.14. The van der Waals surface area contributed by atoms with E-state index in [0.717, 1.165) is 5.56 Å². The maximum Gasteiger partial charge on any atom is 0.303 e. The summed E-state index contributed by atoms with van der Waals surface area (Å²) in [6.07, 6.45) is 3.20. The highest BCUT2D eigenvalue weighted by molar-refractivity contribution is 5.91. The molecule has 1 heterocycles. The van der Waals surface area contributed by atoms with Gasteiger partial charge in [0.15, 0.2) is 0 Å². The highest BCUT2D eigenvalue weighted by atomic mass is 16.4. The largest absolute Gasteiger partial charge is 0.481 e. The van der Waals surface area contributed by atoms with Crippen molar-refractivity contribution in [3.05, 3.63) is 42.5 Å². The van der Waals surface area contributed by atoms with E-state index in [0.29, 0.717) is 12.1 Å². The van der Waals surface area contributed by atoms with Gasteiger partial charge in [0.05, 0.1) is 0 Å². The Morgan fingerprint density at radius 1 is 1.30 bits per heavy atom. The predicted molar refractivity (Wildman–Crippen MR) is 71.1 cm³/mol. The van der Waals surface area contributed by atoms with Gasteiger partial charge < -0.3 is 10.4 Å². The number of aliphatic carboxylic acids is 1. The molecule has 0 aliphatic rings. The molecule has 1 amide bonds. The zero-order valence-corrected chi connectivity index (χ0v) is 10.7. The van der Waals surface area contributed by atoms with Crippen LogP contribution in [0.5, 0.6) is 0 Å². The van der Waals surface area contributed by atoms with Crippen LogP contribution >= 0.6 is 0 Å². The Balaban J connectivity index is 2.01. The molecule has 1 aromatic carbocycles. The number of carbonyl (C=O) groups excluding carboxylic acids is 1. The molecule has 0 radical (unpaired) electrons. The Kier molecular flexibility index (Phi) is 4.43. The molecular formula is C13H14N4O3. The van der Waals surface area contributed by atoms with E-state index in [1.54, 1.807) is 18.2 Å². The van der Waals surface area contributed by atoms with Gasteiger partial charge in [0, 0.05) is 12.1 Å². The third-order valence-electron chi connectivity index (χ3n) is 2.67. The summed E-state index contributed by atoms with van der Waals surface area (Å²) in [6.45, 7) is 0.0628. The van der Waals surface area contributed by atoms with Gasteiger partial charge in [-0.2, -0.15) is 5.10 Å². The lowest BCUT2D eigenvalue weighted by atomic mass is 10.1. The lowest BCUT2D eigenvalue weighted by Gasteiger charge is -2.10. The zero-order valence-electron chi connectivity index (χ0n) is 10.7. The van der Waals surface area contributed by atoms with Gasteiger partial charge in [0.25, 0.3) is 0 Å². The van der Waals surface area contributed by atoms with Crippen LogP contribution in [0.15, 0.2) is 36.9 Å². The number of nitrogens with one attached hydrogen (secondary N) is 1. The number of benzene rings is 1. The molecule has 0 fully saturated rings. The van der Waals surface area contributed by atoms with E-state index in [1.807, 2.05) is 6.07 Å². The Morgan fingerprint density at radius 2 is 2.10 bits per heavy atom. The molecule has 1 aromatic heterocycles. The van der Waals surface area contributed by atoms with Crippen molar-refractivity contribution in [2.75, 3.05) is 5.32 Å². The van der Waals surface area contributed by atoms with Crippen LogP contribution in [0.2, 0.25) is 0 Å². The Bertz CT molecular complexity index is 595. The van der Waals surface area contributed by atoms with E-state index in [2.05, 4.69) is 15.4 Å². The van der Waals surface area contributed by atoms with Crippen LogP contribution in [0.4, 0.5) is 5.69 Å². The van der Waals surface area contributed by atoms with Gasteiger partial charge in [0.2, 0.25) is 5.91 Å². The summed E-state index contributed by atoms with van der Waals surface area (Å²) >= 11 is 0. The van der Waals surface area contributed by atoms with Crippen molar-refractivity contribution in [3.8, 4) is 0 Å². The average Bonchev–Trinajstić information content (AvgIpc) is 2.90. The molecule has 0 aliphatic heterocycles. The van der Waals surface area contributed by atoms with Crippen molar-refractivity contribution in [1.29, 1.82) is 0 Å². The maximum absolute atomic E-state index is 11.9. The van der Waals surface area contributed by atoms with E-state index >= 15 is 0 Å². The minimum atomic E-state index is -0.867. The van der Waals surface area contributed by atoms with Crippen LogP contribution in [0.25, 0.3) is 0 Å². The molecular weight excluding hydrogens is 260 g/mol. The SMILES string of the molecule is O=C(O)CCc1ccccc1NC(=O)Cn1cncn1. The van der Waals surface area contributed by atoms with Crippen LogP contribution < -0.4 is 5.32 Å². The molecule has 7 nitrogen and oxygen atoms in total. The smallest absolute Gasteiger partial charge is 0.303 e. The van der Waals surface area contributed by atoms with Gasteiger partial charge in [-0.05, 0) is 18.1 Å². The second kappa shape index (κ2) is 6.46. The topological polar surface area (TPSA) is 97.1 Å². The number of amides is 1. The lowest BCUT2D eigenvalue weighted by molar-refractivity contribution is -0.136. The van der Waals surface area contributed by atoms with Gasteiger partial charge in [-0.15, -0.1) is 0 Å². The lowest BCUT2D eigenvalue weighted by Crippen LogP contribution is -2.19. The fraction of sp³-hybridized carbons (Fsp3) is 0.231. The molecule has 0 spiro atoms. The summed E-state index contributed by atoms with van der Waals surface area (Å²) < 4.78 is 1.41. The Labute approximate surface area is 115 Å². The normalized spacial score (nSPS) is 10.2. The average molecular weight is 274 g/mol. The van der Waals surface area contributed by atoms with Crippen molar-refractivity contribution in [3.63, 3.8) is 0 Å². The van der Waals surface area contributed by atoms with Crippen molar-refractivity contribution in [2.45, 2.75) is 19.4 Å². The number of aryl methyl sites for hydroxylation is 1. The number of para-hydroxylation sites is 1. The predicted octanol–water partition coefficient (Wildman–Crippen LogP) is 0.934. The van der Waals surface area contributed by atoms with Crippen LogP contribution in [0, 0.1) is 0 Å². The quantitative estimate of drug-likeness (QED) is 0.816. The van der Waals surface area contributed by atoms with E-state index in [4.69, 9.17) is 5.11 Å². The van der Waals surface area contributed by atoms with Gasteiger partial charge in [-0.3, -0.25) is 9.59 Å². The van der Waals surface area contributed by atoms with Crippen LogP contribution in [0.3, 0.4) is 0 Å². The molecule has 2 aromatic rings. The van der Waals surface area contributed by atoms with Crippen molar-refractivity contribution in [2.24, 2.45) is 0 Å². The minimum Gasteiger partial charge on any atom is -0.481 e. The van der Waals surface area contributed by atoms with Gasteiger partial charge >= 0.3 is 5.97 Å². The number of carboxylic acid groups (broad SMARTS) is 1. The van der Waals surface area contributed by atoms with E-state index in [-0.39, 0.29) is 18.9 Å². The number of anilines is 1. The van der Waals surface area contributed by atoms with Crippen LogP contribution in [0.1, 0.15) is 12.0 Å². The number of carboxylic acids is 1. The Morgan fingerprint density at radius 3 is 2.80 bits per heavy atom. The first-order valence-corrected chi connectivity index (χ1v) is 6.07. The van der Waals surface area contributed by atoms with E-state index in [1.165, 1.54) is 17.3 Å². The fourth-order valence-electron chi connectivity index (χ4n) is 1.75. The molecule has 0 unspecified atom stereocenters. The second-order valence-electron chi connectivity index (χ2n) is 4.19. The minimum absolute atomic E-state index is 0.0238. The van der Waals surface area contributed by atoms with E-state index < -0.39 is 5.97 Å². The summed E-state index contributed by atoms with van der Waals surface area (Å²) in [7, 11) is 0. The van der Waals surface area contributed by atoms with Crippen molar-refractivity contribution in [1.82, 2.24) is 14.8 Å². The Hall–Kier alpha value is -2.70. The zero-order chi connectivity index (χ0) is 14.4. The van der Waals surface area contributed by atoms with Crippen molar-refractivity contribution >= 4 is 17.6 Å². The molecule has 2 N–H and O–H groups in total. The van der Waals surface area contributed by atoms with Crippen LogP contribution in [-0.2, 0) is 22.6 Å². The van der Waals surface area contributed by atoms with Gasteiger partial charge in [-0.25, -0.2) is 9.67 Å². The molecule has 0 saturated heterocycles. The summed E-state index contributed by atoms with van der Waals surface area (Å²) in [5.74, 6) is -1.10. The molecule has 7 heteroatoms. The molecule has 0 atom stereocenters. The summed E-state index contributed by atoms with van der Waals surface area (Å²) in [5, 5.41) is 15.3. The summed E-state index contributed by atoms with van der Waals surface area (Å²) in [5.41, 5.74) is 1.42. The molecule has 0 saturated carbocycles. The maximum atomic E-state index is 11.9. The van der Waals surface area contributed by atoms with Gasteiger partial charge in [0.1, 0.15) is 19.2 Å². The van der Waals surface area contributed by atoms with E-state index in [9.17, 15) is 9.59 Å². The number of aromatic nitrogens is 3. The monoisotopic (exact) mass is 274 g/mol. The third-order valence-corrected chi connectivity index (χ3v) is 2.67. The second-order valence-corrected chi connectivity index (χ2v) is 4.19. The molecule has 0 bridgehead atoms. The van der Waals surface area contributed by atoms with Crippen molar-refractivity contribution < 1.29 is 14.7 Å². The van der Waals surface area contributed by atoms with Gasteiger partial charge in [-0.1, -0.05) is 18.2 Å². The highest BCUT2D eigenvalue weighted by Crippen LogP contribution is 2.16. The van der Waals surface area contributed by atoms with Crippen LogP contribution in [-0.4, -0.2) is 31.7 Å². The molecule has 20 heavy (non-hydrogen) atoms. The first kappa shape index (κ1) is 13.7. The standard InChI is InChI=1S/C13H14N4O3/c18-12(7-17-9-14-8-15-17)16-11-4-2-1-3-10(11)5-6-13(19)20/h1-4,8-9H,5-7H2,(H,16,18)(H,19,20). The fourth-order valence-corrected chi connectivity index (χ4v) is 1.75. The highest BCUT2D eigenvalue weighted by Gasteiger charge is 2.08.